The van der Waals surface area contributed by atoms with Gasteiger partial charge < -0.3 is 4.98 Å². The van der Waals surface area contributed by atoms with Gasteiger partial charge >= 0.3 is 0 Å². The molecule has 0 amide bonds. The smallest absolute Gasteiger partial charge is 0.251 e. The lowest BCUT2D eigenvalue weighted by Crippen LogP contribution is -2.27. The second kappa shape index (κ2) is 6.88. The molecule has 2 N–H and O–H groups in total. The summed E-state index contributed by atoms with van der Waals surface area (Å²) in [6.45, 7) is 2.17. The highest BCUT2D eigenvalue weighted by molar-refractivity contribution is 7.91. The first-order valence-electron chi connectivity index (χ1n) is 7.69. The number of sulfonamides is 1. The third kappa shape index (κ3) is 3.58. The molecule has 0 saturated carbocycles. The number of aryl methyl sites for hydroxylation is 1. The summed E-state index contributed by atoms with van der Waals surface area (Å²) in [5.74, 6) is 0. The zero-order chi connectivity index (χ0) is 17.2. The van der Waals surface area contributed by atoms with Crippen molar-refractivity contribution in [3.8, 4) is 0 Å². The number of thiophene rings is 1. The molecule has 7 heteroatoms. The van der Waals surface area contributed by atoms with Gasteiger partial charge in [0, 0.05) is 22.5 Å². The van der Waals surface area contributed by atoms with Crippen LogP contribution in [0.2, 0.25) is 0 Å². The van der Waals surface area contributed by atoms with Crippen LogP contribution in [-0.2, 0) is 22.9 Å². The van der Waals surface area contributed by atoms with Gasteiger partial charge in [0.25, 0.3) is 5.56 Å². The Morgan fingerprint density at radius 1 is 1.17 bits per heavy atom. The summed E-state index contributed by atoms with van der Waals surface area (Å²) < 4.78 is 27.4. The van der Waals surface area contributed by atoms with Crippen LogP contribution < -0.4 is 10.3 Å². The van der Waals surface area contributed by atoms with E-state index in [9.17, 15) is 13.2 Å². The van der Waals surface area contributed by atoms with Gasteiger partial charge in [-0.05, 0) is 42.5 Å². The largest absolute Gasteiger partial charge is 0.322 e. The number of benzene rings is 1. The number of nitrogens with one attached hydrogen (secondary N) is 2. The standard InChI is InChI=1S/C17H18N2O3S2/c1-2-14-7-8-16(23-14)24(21,22)18-10-9-13-11-12-5-3-4-6-15(12)19-17(13)20/h3-8,11,18H,2,9-10H2,1H3,(H,19,20). The lowest BCUT2D eigenvalue weighted by atomic mass is 10.1. The summed E-state index contributed by atoms with van der Waals surface area (Å²) in [5, 5.41) is 0.931. The third-order valence-electron chi connectivity index (χ3n) is 3.77. The van der Waals surface area contributed by atoms with Crippen molar-refractivity contribution in [1.82, 2.24) is 9.71 Å². The molecule has 0 bridgehead atoms. The maximum Gasteiger partial charge on any atom is 0.251 e. The van der Waals surface area contributed by atoms with Gasteiger partial charge in [0.1, 0.15) is 4.21 Å². The molecule has 3 aromatic rings. The molecule has 0 radical (unpaired) electrons. The second-order valence-electron chi connectivity index (χ2n) is 5.43. The average Bonchev–Trinajstić information content (AvgIpc) is 3.05. The van der Waals surface area contributed by atoms with Crippen LogP contribution in [0.4, 0.5) is 0 Å². The highest BCUT2D eigenvalue weighted by Crippen LogP contribution is 2.21. The lowest BCUT2D eigenvalue weighted by molar-refractivity contribution is 0.583. The summed E-state index contributed by atoms with van der Waals surface area (Å²) in [6, 6.07) is 12.8. The molecule has 0 aliphatic heterocycles. The van der Waals surface area contributed by atoms with Crippen LogP contribution in [-0.4, -0.2) is 19.9 Å². The van der Waals surface area contributed by atoms with E-state index in [1.54, 1.807) is 6.07 Å². The van der Waals surface area contributed by atoms with Crippen molar-refractivity contribution in [3.05, 3.63) is 63.3 Å². The number of rotatable bonds is 6. The van der Waals surface area contributed by atoms with Gasteiger partial charge in [-0.3, -0.25) is 4.79 Å². The number of hydrogen-bond acceptors (Lipinski definition) is 4. The minimum absolute atomic E-state index is 0.183. The minimum Gasteiger partial charge on any atom is -0.322 e. The Bertz CT molecular complexity index is 1020. The molecule has 0 unspecified atom stereocenters. The molecule has 126 valence electrons. The number of aromatic amines is 1. The number of fused-ring (bicyclic) bond motifs is 1. The molecule has 24 heavy (non-hydrogen) atoms. The first-order valence-corrected chi connectivity index (χ1v) is 9.99. The molecule has 0 spiro atoms. The van der Waals surface area contributed by atoms with Crippen molar-refractivity contribution in [3.63, 3.8) is 0 Å². The summed E-state index contributed by atoms with van der Waals surface area (Å²) in [4.78, 5) is 15.9. The van der Waals surface area contributed by atoms with E-state index in [-0.39, 0.29) is 12.1 Å². The Labute approximate surface area is 144 Å². The second-order valence-corrected chi connectivity index (χ2v) is 8.60. The van der Waals surface area contributed by atoms with Crippen molar-refractivity contribution in [1.29, 1.82) is 0 Å². The van der Waals surface area contributed by atoms with E-state index in [0.29, 0.717) is 16.2 Å². The van der Waals surface area contributed by atoms with Crippen molar-refractivity contribution in [2.45, 2.75) is 24.0 Å². The van der Waals surface area contributed by atoms with Gasteiger partial charge in [-0.2, -0.15) is 0 Å². The zero-order valence-corrected chi connectivity index (χ0v) is 14.8. The SMILES string of the molecule is CCc1ccc(S(=O)(=O)NCCc2cc3ccccc3[nH]c2=O)s1. The third-order valence-corrected chi connectivity index (χ3v) is 6.95. The van der Waals surface area contributed by atoms with Crippen LogP contribution in [0.25, 0.3) is 10.9 Å². The molecule has 1 aromatic carbocycles. The van der Waals surface area contributed by atoms with Gasteiger partial charge in [-0.1, -0.05) is 25.1 Å². The summed E-state index contributed by atoms with van der Waals surface area (Å²) in [6.07, 6.45) is 1.15. The van der Waals surface area contributed by atoms with E-state index in [1.165, 1.54) is 11.3 Å². The predicted octanol–water partition coefficient (Wildman–Crippen LogP) is 2.67. The van der Waals surface area contributed by atoms with Crippen LogP contribution in [0.15, 0.2) is 51.5 Å². The molecule has 0 saturated heterocycles. The fourth-order valence-electron chi connectivity index (χ4n) is 2.46. The zero-order valence-electron chi connectivity index (χ0n) is 13.2. The maximum atomic E-state index is 12.3. The molecule has 2 heterocycles. The number of hydrogen-bond donors (Lipinski definition) is 2. The normalized spacial score (nSPS) is 11.9. The molecule has 3 rings (SSSR count). The molecular weight excluding hydrogens is 344 g/mol. The summed E-state index contributed by atoms with van der Waals surface area (Å²) in [7, 11) is -3.52. The number of H-pyrrole nitrogens is 1. The summed E-state index contributed by atoms with van der Waals surface area (Å²) >= 11 is 1.27. The topological polar surface area (TPSA) is 79.0 Å². The Morgan fingerprint density at radius 3 is 2.71 bits per heavy atom. The van der Waals surface area contributed by atoms with Crippen molar-refractivity contribution < 1.29 is 8.42 Å². The Hall–Kier alpha value is -1.96. The first kappa shape index (κ1) is 16.9. The van der Waals surface area contributed by atoms with Gasteiger partial charge in [0.15, 0.2) is 0 Å². The lowest BCUT2D eigenvalue weighted by Gasteiger charge is -2.06. The van der Waals surface area contributed by atoms with E-state index in [0.717, 1.165) is 22.2 Å². The fourth-order valence-corrected chi connectivity index (χ4v) is 4.83. The number of pyridine rings is 1. The van der Waals surface area contributed by atoms with Crippen LogP contribution in [0.1, 0.15) is 17.4 Å². The average molecular weight is 362 g/mol. The van der Waals surface area contributed by atoms with E-state index < -0.39 is 10.0 Å². The fraction of sp³-hybridized carbons (Fsp3) is 0.235. The monoisotopic (exact) mass is 362 g/mol. The maximum absolute atomic E-state index is 12.3. The molecule has 0 aliphatic carbocycles. The Morgan fingerprint density at radius 2 is 1.96 bits per heavy atom. The van der Waals surface area contributed by atoms with Crippen LogP contribution in [0.5, 0.6) is 0 Å². The van der Waals surface area contributed by atoms with Gasteiger partial charge in [0.05, 0.1) is 0 Å². The highest BCUT2D eigenvalue weighted by atomic mass is 32.2. The molecule has 5 nitrogen and oxygen atoms in total. The van der Waals surface area contributed by atoms with Crippen molar-refractivity contribution in [2.75, 3.05) is 6.54 Å². The molecule has 0 atom stereocenters. The molecule has 0 aliphatic rings. The first-order chi connectivity index (χ1) is 11.5. The minimum atomic E-state index is -3.52. The van der Waals surface area contributed by atoms with Crippen molar-refractivity contribution in [2.24, 2.45) is 0 Å². The number of para-hydroxylation sites is 1. The Kier molecular flexibility index (Phi) is 4.84. The van der Waals surface area contributed by atoms with Crippen LogP contribution >= 0.6 is 11.3 Å². The summed E-state index contributed by atoms with van der Waals surface area (Å²) in [5.41, 5.74) is 1.16. The van der Waals surface area contributed by atoms with Crippen molar-refractivity contribution >= 4 is 32.3 Å². The van der Waals surface area contributed by atoms with Gasteiger partial charge in [-0.25, -0.2) is 13.1 Å². The van der Waals surface area contributed by atoms with E-state index in [4.69, 9.17) is 0 Å². The van der Waals surface area contributed by atoms with Gasteiger partial charge in [-0.15, -0.1) is 11.3 Å². The van der Waals surface area contributed by atoms with E-state index in [2.05, 4.69) is 9.71 Å². The number of aromatic nitrogens is 1. The quantitative estimate of drug-likeness (QED) is 0.707. The van der Waals surface area contributed by atoms with Crippen LogP contribution in [0.3, 0.4) is 0 Å². The molecule has 0 fully saturated rings. The Balaban J connectivity index is 1.72. The molecular formula is C17H18N2O3S2. The van der Waals surface area contributed by atoms with E-state index >= 15 is 0 Å². The molecule has 2 aromatic heterocycles. The predicted molar refractivity (Wildman–Crippen MR) is 97.2 cm³/mol. The van der Waals surface area contributed by atoms with Crippen LogP contribution in [0, 0.1) is 0 Å². The van der Waals surface area contributed by atoms with E-state index in [1.807, 2.05) is 43.3 Å². The van der Waals surface area contributed by atoms with Gasteiger partial charge in [0.2, 0.25) is 10.0 Å². The highest BCUT2D eigenvalue weighted by Gasteiger charge is 2.16.